The molecule has 1 fully saturated rings. The van der Waals surface area contributed by atoms with Gasteiger partial charge in [0.05, 0.1) is 36.0 Å². The van der Waals surface area contributed by atoms with Crippen LogP contribution < -0.4 is 5.32 Å². The molecule has 0 spiro atoms. The fraction of sp³-hybridized carbons (Fsp3) is 0.400. The van der Waals surface area contributed by atoms with Crippen LogP contribution in [0.1, 0.15) is 31.2 Å². The number of fused-ring (bicyclic) bond motifs is 1. The zero-order valence-electron chi connectivity index (χ0n) is 20.1. The molecule has 210 valence electrons. The fourth-order valence-electron chi connectivity index (χ4n) is 4.18. The second-order valence-corrected chi connectivity index (χ2v) is 13.2. The van der Waals surface area contributed by atoms with Crippen molar-refractivity contribution in [2.24, 2.45) is 5.11 Å². The molecule has 0 aliphatic carbocycles. The van der Waals surface area contributed by atoms with Crippen molar-refractivity contribution >= 4 is 43.5 Å². The number of rotatable bonds is 10. The van der Waals surface area contributed by atoms with Crippen LogP contribution in [0.2, 0.25) is 5.15 Å². The summed E-state index contributed by atoms with van der Waals surface area (Å²) in [6.07, 6.45) is -1.70. The maximum Gasteiger partial charge on any atom is 0.340 e. The first kappa shape index (κ1) is 29.4. The first-order chi connectivity index (χ1) is 18.2. The van der Waals surface area contributed by atoms with E-state index >= 15 is 0 Å². The van der Waals surface area contributed by atoms with Gasteiger partial charge in [0.1, 0.15) is 11.0 Å². The second-order valence-electron chi connectivity index (χ2n) is 8.83. The summed E-state index contributed by atoms with van der Waals surface area (Å²) in [5.74, 6) is -1.82. The number of nitrogens with zero attached hydrogens (tertiary/aromatic N) is 6. The molecule has 39 heavy (non-hydrogen) atoms. The molecule has 0 bridgehead atoms. The number of nitrogens with one attached hydrogen (secondary N) is 1. The van der Waals surface area contributed by atoms with E-state index in [2.05, 4.69) is 25.4 Å². The fourth-order valence-corrected chi connectivity index (χ4v) is 6.96. The van der Waals surface area contributed by atoms with Gasteiger partial charge >= 0.3 is 15.2 Å². The molecule has 0 amide bonds. The van der Waals surface area contributed by atoms with E-state index in [1.54, 1.807) is 25.1 Å². The van der Waals surface area contributed by atoms with Gasteiger partial charge < -0.3 is 34.4 Å². The summed E-state index contributed by atoms with van der Waals surface area (Å²) in [4.78, 5) is 34.5. The molecule has 1 aliphatic heterocycles. The van der Waals surface area contributed by atoms with Crippen molar-refractivity contribution in [3.63, 3.8) is 0 Å². The average molecular weight is 606 g/mol. The molecule has 2 aromatic heterocycles. The Kier molecular flexibility index (Phi) is 8.36. The predicted molar refractivity (Wildman–Crippen MR) is 136 cm³/mol. The molecule has 19 heteroatoms. The Morgan fingerprint density at radius 1 is 1.41 bits per heavy atom. The van der Waals surface area contributed by atoms with E-state index in [1.807, 2.05) is 0 Å². The smallest absolute Gasteiger partial charge is 0.340 e. The van der Waals surface area contributed by atoms with Crippen LogP contribution in [-0.2, 0) is 18.4 Å². The molecule has 1 aromatic carbocycles. The van der Waals surface area contributed by atoms with Gasteiger partial charge in [-0.25, -0.2) is 14.1 Å². The van der Waals surface area contributed by atoms with Crippen LogP contribution in [0.25, 0.3) is 21.5 Å². The molecular formula is C20H23ClFN7O8P2. The molecule has 1 aliphatic rings. The number of benzene rings is 1. The van der Waals surface area contributed by atoms with Crippen LogP contribution in [0, 0.1) is 5.82 Å². The molecule has 5 N–H and O–H groups in total. The summed E-state index contributed by atoms with van der Waals surface area (Å²) in [5, 5.41) is 22.3. The summed E-state index contributed by atoms with van der Waals surface area (Å²) in [5.41, 5.74) is 7.70. The van der Waals surface area contributed by atoms with E-state index in [9.17, 15) is 23.5 Å². The summed E-state index contributed by atoms with van der Waals surface area (Å²) in [6, 6.07) is 7.22. The van der Waals surface area contributed by atoms with Crippen LogP contribution >= 0.6 is 26.8 Å². The lowest BCUT2D eigenvalue weighted by Gasteiger charge is -2.23. The predicted octanol–water partition coefficient (Wildman–Crippen LogP) is 4.02. The lowest BCUT2D eigenvalue weighted by Crippen LogP contribution is -2.33. The first-order valence-electron chi connectivity index (χ1n) is 11.2. The standard InChI is InChI=1S/C20H23ClFN7O8P2/c1-11(13-4-2-3-5-15(13)22)25-16-6-17(21)26-18-14(16)8-24-29(18)19-20(30,27-28-23)7-12(37-19)9-36-39(34,35)10-38(31,32)33/h2-6,8,11-12,19,30H,7,9-10H2,1H3,(H,25,26)(H,34,35)(H2,31,32,33)/t11-,12+,19+,20-/m0/s1. The normalized spacial score (nSPS) is 23.8. The number of ether oxygens (including phenoxy) is 1. The van der Waals surface area contributed by atoms with Crippen molar-refractivity contribution < 1.29 is 42.6 Å². The summed E-state index contributed by atoms with van der Waals surface area (Å²) in [7, 11) is -9.58. The molecular weight excluding hydrogens is 583 g/mol. The Hall–Kier alpha value is -2.61. The molecule has 3 aromatic rings. The molecule has 1 saturated heterocycles. The lowest BCUT2D eigenvalue weighted by atomic mass is 10.1. The van der Waals surface area contributed by atoms with Gasteiger partial charge in [0.25, 0.3) is 0 Å². The van der Waals surface area contributed by atoms with E-state index < -0.39 is 64.0 Å². The van der Waals surface area contributed by atoms with Crippen LogP contribution in [0.15, 0.2) is 41.6 Å². The van der Waals surface area contributed by atoms with Crippen molar-refractivity contribution in [3.05, 3.63) is 63.5 Å². The first-order valence-corrected chi connectivity index (χ1v) is 15.1. The Labute approximate surface area is 224 Å². The Morgan fingerprint density at radius 3 is 2.79 bits per heavy atom. The second kappa shape index (κ2) is 11.1. The van der Waals surface area contributed by atoms with Crippen LogP contribution in [0.3, 0.4) is 0 Å². The number of halogens is 2. The third kappa shape index (κ3) is 6.76. The van der Waals surface area contributed by atoms with E-state index in [0.717, 1.165) is 4.68 Å². The van der Waals surface area contributed by atoms with Crippen LogP contribution in [-0.4, -0.2) is 58.9 Å². The van der Waals surface area contributed by atoms with Gasteiger partial charge in [0.2, 0.25) is 0 Å². The number of pyridine rings is 1. The zero-order valence-corrected chi connectivity index (χ0v) is 22.6. The highest BCUT2D eigenvalue weighted by Crippen LogP contribution is 2.56. The van der Waals surface area contributed by atoms with Crippen LogP contribution in [0.5, 0.6) is 0 Å². The van der Waals surface area contributed by atoms with Gasteiger partial charge in [0, 0.05) is 16.9 Å². The largest absolute Gasteiger partial charge is 0.380 e. The molecule has 4 rings (SSSR count). The quantitative estimate of drug-likeness (QED) is 0.0729. The van der Waals surface area contributed by atoms with Gasteiger partial charge in [-0.15, -0.1) is 0 Å². The van der Waals surface area contributed by atoms with E-state index in [0.29, 0.717) is 16.6 Å². The minimum atomic E-state index is -4.86. The minimum Gasteiger partial charge on any atom is -0.380 e. The van der Waals surface area contributed by atoms with Crippen molar-refractivity contribution in [3.8, 4) is 0 Å². The van der Waals surface area contributed by atoms with E-state index in [4.69, 9.17) is 36.2 Å². The third-order valence-electron chi connectivity index (χ3n) is 5.79. The molecule has 15 nitrogen and oxygen atoms in total. The molecule has 0 saturated carbocycles. The molecule has 0 radical (unpaired) electrons. The zero-order chi connectivity index (χ0) is 28.6. The molecule has 1 unspecified atom stereocenters. The number of anilines is 1. The number of aliphatic hydroxyl groups is 1. The maximum absolute atomic E-state index is 14.3. The van der Waals surface area contributed by atoms with Crippen molar-refractivity contribution in [2.75, 3.05) is 17.8 Å². The summed E-state index contributed by atoms with van der Waals surface area (Å²) < 4.78 is 49.0. The highest BCUT2D eigenvalue weighted by atomic mass is 35.5. The number of azide groups is 1. The monoisotopic (exact) mass is 605 g/mol. The number of aromatic nitrogens is 3. The third-order valence-corrected chi connectivity index (χ3v) is 9.44. The Morgan fingerprint density at radius 2 is 2.13 bits per heavy atom. The molecule has 3 heterocycles. The highest BCUT2D eigenvalue weighted by molar-refractivity contribution is 7.70. The maximum atomic E-state index is 14.3. The van der Waals surface area contributed by atoms with E-state index in [-0.39, 0.29) is 10.8 Å². The molecule has 5 atom stereocenters. The van der Waals surface area contributed by atoms with Crippen molar-refractivity contribution in [2.45, 2.75) is 37.4 Å². The van der Waals surface area contributed by atoms with Gasteiger partial charge in [-0.1, -0.05) is 34.9 Å². The van der Waals surface area contributed by atoms with Gasteiger partial charge in [-0.05, 0) is 24.6 Å². The summed E-state index contributed by atoms with van der Waals surface area (Å²) >= 11 is 6.24. The van der Waals surface area contributed by atoms with Crippen molar-refractivity contribution in [1.29, 1.82) is 0 Å². The van der Waals surface area contributed by atoms with Crippen molar-refractivity contribution in [1.82, 2.24) is 14.8 Å². The van der Waals surface area contributed by atoms with Gasteiger partial charge in [0.15, 0.2) is 23.5 Å². The topological polar surface area (TPSA) is 225 Å². The van der Waals surface area contributed by atoms with Gasteiger partial charge in [-0.2, -0.15) is 5.10 Å². The van der Waals surface area contributed by atoms with Gasteiger partial charge in [-0.3, -0.25) is 9.13 Å². The Bertz CT molecular complexity index is 1530. The Balaban J connectivity index is 1.63. The minimum absolute atomic E-state index is 0.0105. The average Bonchev–Trinajstić information content (AvgIpc) is 3.37. The lowest BCUT2D eigenvalue weighted by molar-refractivity contribution is -0.0955. The van der Waals surface area contributed by atoms with E-state index in [1.165, 1.54) is 18.3 Å². The summed E-state index contributed by atoms with van der Waals surface area (Å²) in [6.45, 7) is 1.06. The SMILES string of the molecule is C[C@H](Nc1cc(Cl)nc2c1cnn2[C@@H]1O[C@@H](COP(=O)(O)CP(=O)(O)O)C[C@@]1(O)N=[N+]=[N-])c1ccccc1F. The number of hydrogen-bond acceptors (Lipinski definition) is 9. The highest BCUT2D eigenvalue weighted by Gasteiger charge is 2.50. The van der Waals surface area contributed by atoms with Crippen LogP contribution in [0.4, 0.5) is 10.1 Å². The number of hydrogen-bond donors (Lipinski definition) is 5.